The number of anilines is 3. The molecule has 48 heavy (non-hydrogen) atoms. The summed E-state index contributed by atoms with van der Waals surface area (Å²) in [7, 11) is 0. The number of ether oxygens (including phenoxy) is 2. The monoisotopic (exact) mass is 730 g/mol. The van der Waals surface area contributed by atoms with Crippen LogP contribution in [0, 0.1) is 0 Å². The van der Waals surface area contributed by atoms with Crippen LogP contribution in [0.2, 0.25) is 15.6 Å². The molecule has 2 spiro atoms. The first kappa shape index (κ1) is 37.8. The number of carbonyl (C=O) groups excluding carboxylic acids is 2. The number of nitrogens with one attached hydrogen (secondary N) is 1. The summed E-state index contributed by atoms with van der Waals surface area (Å²) < 4.78 is 10.8. The molecule has 2 aliphatic heterocycles. The number of carbonyl (C=O) groups is 2. The van der Waals surface area contributed by atoms with E-state index in [2.05, 4.69) is 45.5 Å². The molecule has 0 radical (unpaired) electrons. The Bertz CT molecular complexity index is 1460. The Balaban J connectivity index is 0.000000180. The Kier molecular flexibility index (Phi) is 11.7. The van der Waals surface area contributed by atoms with Gasteiger partial charge in [0.15, 0.2) is 21.9 Å². The minimum atomic E-state index is -0.497. The molecular weight excluding hydrogens is 687 g/mol. The lowest BCUT2D eigenvalue weighted by molar-refractivity contribution is -0.156. The van der Waals surface area contributed by atoms with Crippen LogP contribution in [0.25, 0.3) is 0 Å². The van der Waals surface area contributed by atoms with Gasteiger partial charge in [-0.1, -0.05) is 23.2 Å². The third kappa shape index (κ3) is 11.0. The number of nitrogen functional groups attached to an aromatic ring is 2. The van der Waals surface area contributed by atoms with Gasteiger partial charge in [0.1, 0.15) is 11.2 Å². The second-order valence-corrected chi connectivity index (χ2v) is 15.4. The summed E-state index contributed by atoms with van der Waals surface area (Å²) >= 11 is 16.4. The molecule has 1 amide bonds. The van der Waals surface area contributed by atoms with E-state index < -0.39 is 5.60 Å². The van der Waals surface area contributed by atoms with Gasteiger partial charge in [0.05, 0.1) is 12.1 Å². The van der Waals surface area contributed by atoms with Crippen molar-refractivity contribution in [1.82, 2.24) is 45.5 Å². The highest BCUT2D eigenvalue weighted by Crippen LogP contribution is 2.46. The lowest BCUT2D eigenvalue weighted by Crippen LogP contribution is -2.57. The van der Waals surface area contributed by atoms with E-state index >= 15 is 0 Å². The molecule has 0 atom stereocenters. The molecule has 4 fully saturated rings. The normalized spacial score (nSPS) is 19.4. The number of esters is 1. The largest absolute Gasteiger partial charge is 0.459 e. The first-order valence-corrected chi connectivity index (χ1v) is 16.8. The maximum absolute atomic E-state index is 12.3. The molecule has 266 valence electrons. The smallest absolute Gasteiger partial charge is 0.410 e. The average molecular weight is 732 g/mol. The summed E-state index contributed by atoms with van der Waals surface area (Å²) in [4.78, 5) is 37.7. The summed E-state index contributed by atoms with van der Waals surface area (Å²) in [6.07, 6.45) is 4.16. The molecule has 2 saturated carbocycles. The Hall–Kier alpha value is -3.05. The van der Waals surface area contributed by atoms with Crippen LogP contribution < -0.4 is 21.7 Å². The van der Waals surface area contributed by atoms with Gasteiger partial charge in [-0.25, -0.2) is 4.79 Å². The fourth-order valence-corrected chi connectivity index (χ4v) is 5.59. The molecule has 2 saturated heterocycles. The van der Waals surface area contributed by atoms with Crippen LogP contribution in [-0.2, 0) is 14.3 Å². The number of hydrogen-bond acceptors (Lipinski definition) is 15. The van der Waals surface area contributed by atoms with E-state index in [1.54, 1.807) is 4.90 Å². The van der Waals surface area contributed by atoms with Crippen LogP contribution in [-0.4, -0.2) is 120 Å². The highest BCUT2D eigenvalue weighted by atomic mass is 35.5. The molecule has 0 unspecified atom stereocenters. The molecule has 2 aliphatic carbocycles. The van der Waals surface area contributed by atoms with Gasteiger partial charge in [-0.05, 0) is 78.8 Å². The van der Waals surface area contributed by atoms with Crippen molar-refractivity contribution >= 4 is 64.4 Å². The number of aromatic nitrogens is 6. The molecule has 2 aromatic rings. The summed E-state index contributed by atoms with van der Waals surface area (Å²) in [5.74, 6) is 0.622. The number of piperazine rings is 2. The molecule has 6 rings (SSSR count). The second kappa shape index (κ2) is 14.8. The number of rotatable bonds is 3. The van der Waals surface area contributed by atoms with Crippen molar-refractivity contribution in [3.8, 4) is 0 Å². The van der Waals surface area contributed by atoms with Gasteiger partial charge in [-0.15, -0.1) is 20.4 Å². The van der Waals surface area contributed by atoms with E-state index in [4.69, 9.17) is 55.7 Å². The molecule has 0 aromatic carbocycles. The van der Waals surface area contributed by atoms with Crippen molar-refractivity contribution in [3.05, 3.63) is 15.6 Å². The first-order chi connectivity index (χ1) is 22.3. The van der Waals surface area contributed by atoms with Crippen LogP contribution in [0.15, 0.2) is 0 Å². The highest BCUT2D eigenvalue weighted by Gasteiger charge is 2.54. The van der Waals surface area contributed by atoms with Crippen LogP contribution in [0.1, 0.15) is 67.2 Å². The van der Waals surface area contributed by atoms with Gasteiger partial charge < -0.3 is 36.1 Å². The molecule has 2 aromatic heterocycles. The Morgan fingerprint density at radius 2 is 1.42 bits per heavy atom. The van der Waals surface area contributed by atoms with E-state index in [1.165, 1.54) is 12.8 Å². The Morgan fingerprint density at radius 1 is 0.812 bits per heavy atom. The maximum atomic E-state index is 12.3. The van der Waals surface area contributed by atoms with E-state index in [9.17, 15) is 9.59 Å². The predicted octanol–water partition coefficient (Wildman–Crippen LogP) is 3.22. The third-order valence-corrected chi connectivity index (χ3v) is 8.45. The minimum absolute atomic E-state index is 0.00287. The molecule has 4 heterocycles. The van der Waals surface area contributed by atoms with E-state index in [1.807, 2.05) is 41.5 Å². The summed E-state index contributed by atoms with van der Waals surface area (Å²) in [5.41, 5.74) is 10.2. The van der Waals surface area contributed by atoms with Crippen LogP contribution in [0.5, 0.6) is 0 Å². The van der Waals surface area contributed by atoms with E-state index in [0.717, 1.165) is 32.5 Å². The van der Waals surface area contributed by atoms with Crippen LogP contribution in [0.4, 0.5) is 22.4 Å². The molecule has 16 nitrogen and oxygen atoms in total. The van der Waals surface area contributed by atoms with Gasteiger partial charge in [0, 0.05) is 44.8 Å². The molecular formula is C29H45Cl3N12O4. The zero-order chi connectivity index (χ0) is 35.5. The van der Waals surface area contributed by atoms with Crippen molar-refractivity contribution in [2.45, 2.75) is 89.5 Å². The molecule has 5 N–H and O–H groups in total. The fourth-order valence-electron chi connectivity index (χ4n) is 5.30. The van der Waals surface area contributed by atoms with Crippen molar-refractivity contribution in [3.63, 3.8) is 0 Å². The van der Waals surface area contributed by atoms with Crippen molar-refractivity contribution in [2.24, 2.45) is 0 Å². The maximum Gasteiger partial charge on any atom is 0.410 e. The van der Waals surface area contributed by atoms with Gasteiger partial charge >= 0.3 is 12.1 Å². The summed E-state index contributed by atoms with van der Waals surface area (Å²) in [6.45, 7) is 16.4. The molecule has 4 aliphatic rings. The quantitative estimate of drug-likeness (QED) is 0.388. The van der Waals surface area contributed by atoms with E-state index in [-0.39, 0.29) is 50.4 Å². The SMILES string of the molecule is CC(C)(C)OC(=O)CN1CCNC2(CC2)C1.CC(C)(C)OC(=O)N1CCN(c2nnc(Cl)c(N)n2)C2(CC2)C1.Nc1nc(Cl)nnc1Cl. The second-order valence-electron chi connectivity index (χ2n) is 14.3. The lowest BCUT2D eigenvalue weighted by atomic mass is 10.1. The third-order valence-electron chi connectivity index (χ3n) is 7.76. The molecule has 19 heteroatoms. The number of halogens is 3. The highest BCUT2D eigenvalue weighted by molar-refractivity contribution is 6.32. The molecule has 0 bridgehead atoms. The zero-order valence-electron chi connectivity index (χ0n) is 28.2. The summed E-state index contributed by atoms with van der Waals surface area (Å²) in [6, 6.07) is 0. The van der Waals surface area contributed by atoms with Crippen LogP contribution in [0.3, 0.4) is 0 Å². The number of hydrogen-bond donors (Lipinski definition) is 3. The standard InChI is InChI=1S/C14H21ClN6O2.C12H22N2O2.C3H2Cl2N4/c1-13(2,3)23-12(22)20-6-7-21(14(8-20)4-5-14)11-17-10(16)9(15)18-19-11;1-11(2,3)16-10(15)8-14-7-6-13-12(9-14)4-5-12;4-1-2(6)7-3(5)9-8-1/h4-8H2,1-3H3,(H2,16,17,19);13H,4-9H2,1-3H3;(H2,6,7,9). The van der Waals surface area contributed by atoms with Crippen molar-refractivity contribution < 1.29 is 19.1 Å². The van der Waals surface area contributed by atoms with Gasteiger partial charge in [-0.3, -0.25) is 9.69 Å². The van der Waals surface area contributed by atoms with Crippen molar-refractivity contribution in [1.29, 1.82) is 0 Å². The van der Waals surface area contributed by atoms with Gasteiger partial charge in [-0.2, -0.15) is 9.97 Å². The van der Waals surface area contributed by atoms with E-state index in [0.29, 0.717) is 37.7 Å². The zero-order valence-corrected chi connectivity index (χ0v) is 30.5. The lowest BCUT2D eigenvalue weighted by Gasteiger charge is -2.42. The Labute approximate surface area is 295 Å². The average Bonchev–Trinajstić information content (AvgIpc) is 3.90. The first-order valence-electron chi connectivity index (χ1n) is 15.7. The number of nitrogens with zero attached hydrogens (tertiary/aromatic N) is 9. The van der Waals surface area contributed by atoms with Crippen molar-refractivity contribution in [2.75, 3.05) is 62.2 Å². The fraction of sp³-hybridized carbons (Fsp3) is 0.724. The number of nitrogens with two attached hydrogens (primary N) is 2. The predicted molar refractivity (Wildman–Crippen MR) is 183 cm³/mol. The van der Waals surface area contributed by atoms with Crippen LogP contribution >= 0.6 is 34.8 Å². The van der Waals surface area contributed by atoms with Gasteiger partial charge in [0.25, 0.3) is 0 Å². The topological polar surface area (TPSA) is 204 Å². The minimum Gasteiger partial charge on any atom is -0.459 e. The summed E-state index contributed by atoms with van der Waals surface area (Å²) in [5, 5.41) is 18.3. The number of amides is 1. The van der Waals surface area contributed by atoms with Gasteiger partial charge in [0.2, 0.25) is 11.2 Å². The Morgan fingerprint density at radius 3 is 1.94 bits per heavy atom.